The Morgan fingerprint density at radius 2 is 1.77 bits per heavy atom. The number of ether oxygens (including phenoxy) is 1. The molecule has 2 aromatic carbocycles. The van der Waals surface area contributed by atoms with Crippen LogP contribution in [-0.4, -0.2) is 24.2 Å². The van der Waals surface area contributed by atoms with Crippen LogP contribution in [0.5, 0.6) is 5.75 Å². The first-order valence-electron chi connectivity index (χ1n) is 10.0. The number of carbonyl (C=O) groups excluding carboxylic acids is 3. The number of furan rings is 1. The van der Waals surface area contributed by atoms with Crippen LogP contribution in [0, 0.1) is 0 Å². The van der Waals surface area contributed by atoms with Crippen molar-refractivity contribution in [3.63, 3.8) is 0 Å². The normalized spacial score (nSPS) is 10.4. The van der Waals surface area contributed by atoms with Crippen LogP contribution >= 0.6 is 0 Å². The average Bonchev–Trinajstić information content (AvgIpc) is 3.32. The minimum absolute atomic E-state index is 0.0964. The van der Waals surface area contributed by atoms with Gasteiger partial charge in [0.15, 0.2) is 11.5 Å². The van der Waals surface area contributed by atoms with Gasteiger partial charge in [0, 0.05) is 30.6 Å². The topological polar surface area (TPSA) is 97.6 Å². The van der Waals surface area contributed by atoms with Crippen LogP contribution < -0.4 is 15.4 Å². The van der Waals surface area contributed by atoms with E-state index in [9.17, 15) is 14.4 Å². The van der Waals surface area contributed by atoms with Crippen molar-refractivity contribution in [1.82, 2.24) is 5.32 Å². The molecule has 7 nitrogen and oxygen atoms in total. The van der Waals surface area contributed by atoms with Crippen molar-refractivity contribution >= 4 is 23.3 Å². The maximum Gasteiger partial charge on any atom is 0.291 e. The van der Waals surface area contributed by atoms with Gasteiger partial charge in [-0.2, -0.15) is 0 Å². The lowest BCUT2D eigenvalue weighted by Crippen LogP contribution is -2.23. The first-order chi connectivity index (χ1) is 15.0. The van der Waals surface area contributed by atoms with E-state index in [2.05, 4.69) is 10.6 Å². The predicted molar refractivity (Wildman–Crippen MR) is 116 cm³/mol. The smallest absolute Gasteiger partial charge is 0.291 e. The second kappa shape index (κ2) is 10.8. The molecule has 0 bridgehead atoms. The van der Waals surface area contributed by atoms with Gasteiger partial charge in [-0.05, 0) is 61.0 Å². The highest BCUT2D eigenvalue weighted by molar-refractivity contribution is 6.02. The molecule has 0 aliphatic rings. The van der Waals surface area contributed by atoms with E-state index in [1.54, 1.807) is 54.6 Å². The maximum atomic E-state index is 12.3. The van der Waals surface area contributed by atoms with Gasteiger partial charge in [0.25, 0.3) is 5.91 Å². The monoisotopic (exact) mass is 420 g/mol. The van der Waals surface area contributed by atoms with Crippen molar-refractivity contribution in [2.75, 3.05) is 11.9 Å². The van der Waals surface area contributed by atoms with Crippen LogP contribution in [0.2, 0.25) is 0 Å². The van der Waals surface area contributed by atoms with E-state index < -0.39 is 0 Å². The van der Waals surface area contributed by atoms with E-state index in [0.717, 1.165) is 5.56 Å². The van der Waals surface area contributed by atoms with Gasteiger partial charge in [-0.1, -0.05) is 12.1 Å². The van der Waals surface area contributed by atoms with E-state index in [4.69, 9.17) is 9.15 Å². The van der Waals surface area contributed by atoms with Crippen LogP contribution in [0.15, 0.2) is 71.3 Å². The molecule has 31 heavy (non-hydrogen) atoms. The summed E-state index contributed by atoms with van der Waals surface area (Å²) in [6.45, 7) is 2.75. The highest BCUT2D eigenvalue weighted by Crippen LogP contribution is 2.15. The Morgan fingerprint density at radius 3 is 2.48 bits per heavy atom. The molecule has 0 spiro atoms. The minimum atomic E-state index is -0.348. The fourth-order valence-electron chi connectivity index (χ4n) is 2.92. The molecule has 0 saturated heterocycles. The zero-order chi connectivity index (χ0) is 22.1. The molecule has 0 radical (unpaired) electrons. The number of carbonyl (C=O) groups is 3. The number of amides is 2. The third kappa shape index (κ3) is 6.57. The van der Waals surface area contributed by atoms with E-state index in [1.807, 2.05) is 13.0 Å². The van der Waals surface area contributed by atoms with Crippen molar-refractivity contribution in [3.05, 3.63) is 83.8 Å². The first-order valence-corrected chi connectivity index (χ1v) is 10.0. The van der Waals surface area contributed by atoms with Gasteiger partial charge >= 0.3 is 0 Å². The summed E-state index contributed by atoms with van der Waals surface area (Å²) in [5, 5.41) is 5.54. The highest BCUT2D eigenvalue weighted by atomic mass is 16.5. The molecule has 0 fully saturated rings. The SMILES string of the molecule is CCOc1ccc(C(=O)CCC(=O)NCc2cccc(NC(=O)c3ccco3)c2)cc1. The van der Waals surface area contributed by atoms with Gasteiger partial charge in [0.1, 0.15) is 5.75 Å². The molecule has 3 rings (SSSR count). The van der Waals surface area contributed by atoms with Crippen LogP contribution in [0.25, 0.3) is 0 Å². The average molecular weight is 420 g/mol. The standard InChI is InChI=1S/C24H24N2O5/c1-2-30-20-10-8-18(9-11-20)21(27)12-13-23(28)25-16-17-5-3-6-19(15-17)26-24(29)22-7-4-14-31-22/h3-11,14-15H,2,12-13,16H2,1H3,(H,25,28)(H,26,29). The Balaban J connectivity index is 1.45. The van der Waals surface area contributed by atoms with Crippen molar-refractivity contribution in [1.29, 1.82) is 0 Å². The lowest BCUT2D eigenvalue weighted by Gasteiger charge is -2.08. The number of Topliss-reactive ketones (excluding diaryl/α,β-unsaturated/α-hetero) is 1. The number of ketones is 1. The number of hydrogen-bond donors (Lipinski definition) is 2. The van der Waals surface area contributed by atoms with E-state index in [-0.39, 0.29) is 36.2 Å². The van der Waals surface area contributed by atoms with Crippen molar-refractivity contribution in [2.45, 2.75) is 26.3 Å². The quantitative estimate of drug-likeness (QED) is 0.479. The summed E-state index contributed by atoms with van der Waals surface area (Å²) >= 11 is 0. The van der Waals surface area contributed by atoms with Gasteiger partial charge in [0.2, 0.25) is 5.91 Å². The van der Waals surface area contributed by atoms with Gasteiger partial charge in [0.05, 0.1) is 12.9 Å². The van der Waals surface area contributed by atoms with Gasteiger partial charge in [-0.25, -0.2) is 0 Å². The molecule has 2 N–H and O–H groups in total. The van der Waals surface area contributed by atoms with Crippen LogP contribution in [0.3, 0.4) is 0 Å². The minimum Gasteiger partial charge on any atom is -0.494 e. The lowest BCUT2D eigenvalue weighted by molar-refractivity contribution is -0.121. The molecule has 160 valence electrons. The van der Waals surface area contributed by atoms with Crippen molar-refractivity contribution in [3.8, 4) is 5.75 Å². The second-order valence-electron chi connectivity index (χ2n) is 6.79. The maximum absolute atomic E-state index is 12.3. The molecule has 1 heterocycles. The predicted octanol–water partition coefficient (Wildman–Crippen LogP) is 4.21. The second-order valence-corrected chi connectivity index (χ2v) is 6.79. The number of benzene rings is 2. The molecule has 3 aromatic rings. The fraction of sp³-hybridized carbons (Fsp3) is 0.208. The molecule has 2 amide bonds. The first kappa shape index (κ1) is 21.8. The van der Waals surface area contributed by atoms with Crippen LogP contribution in [0.1, 0.15) is 46.2 Å². The van der Waals surface area contributed by atoms with Gasteiger partial charge in [-0.15, -0.1) is 0 Å². The number of hydrogen-bond acceptors (Lipinski definition) is 5. The van der Waals surface area contributed by atoms with Crippen LogP contribution in [0.4, 0.5) is 5.69 Å². The largest absolute Gasteiger partial charge is 0.494 e. The molecular weight excluding hydrogens is 396 g/mol. The Hall–Kier alpha value is -3.87. The van der Waals surface area contributed by atoms with Crippen molar-refractivity contribution in [2.24, 2.45) is 0 Å². The third-order valence-corrected chi connectivity index (χ3v) is 4.49. The number of nitrogens with one attached hydrogen (secondary N) is 2. The molecule has 0 saturated carbocycles. The van der Waals surface area contributed by atoms with Gasteiger partial charge in [-0.3, -0.25) is 14.4 Å². The molecule has 0 atom stereocenters. The van der Waals surface area contributed by atoms with E-state index in [1.165, 1.54) is 6.26 Å². The van der Waals surface area contributed by atoms with Crippen molar-refractivity contribution < 1.29 is 23.5 Å². The summed E-state index contributed by atoms with van der Waals surface area (Å²) in [4.78, 5) is 36.5. The highest BCUT2D eigenvalue weighted by Gasteiger charge is 2.11. The summed E-state index contributed by atoms with van der Waals surface area (Å²) in [7, 11) is 0. The summed E-state index contributed by atoms with van der Waals surface area (Å²) in [6.07, 6.45) is 1.65. The van der Waals surface area contributed by atoms with Crippen LogP contribution in [-0.2, 0) is 11.3 Å². The Labute approximate surface area is 180 Å². The zero-order valence-corrected chi connectivity index (χ0v) is 17.2. The fourth-order valence-corrected chi connectivity index (χ4v) is 2.92. The van der Waals surface area contributed by atoms with E-state index in [0.29, 0.717) is 30.2 Å². The number of rotatable bonds is 10. The third-order valence-electron chi connectivity index (χ3n) is 4.49. The Bertz CT molecular complexity index is 1030. The molecule has 1 aromatic heterocycles. The Morgan fingerprint density at radius 1 is 0.968 bits per heavy atom. The zero-order valence-electron chi connectivity index (χ0n) is 17.2. The summed E-state index contributed by atoms with van der Waals surface area (Å²) < 4.78 is 10.4. The molecule has 0 aliphatic heterocycles. The van der Waals surface area contributed by atoms with E-state index >= 15 is 0 Å². The Kier molecular flexibility index (Phi) is 7.59. The summed E-state index contributed by atoms with van der Waals surface area (Å²) in [5.41, 5.74) is 1.97. The molecular formula is C24H24N2O5. The molecule has 0 unspecified atom stereocenters. The summed E-state index contributed by atoms with van der Waals surface area (Å²) in [6, 6.07) is 17.3. The van der Waals surface area contributed by atoms with Gasteiger partial charge < -0.3 is 19.8 Å². The summed E-state index contributed by atoms with van der Waals surface area (Å²) in [5.74, 6) is 0.263. The lowest BCUT2D eigenvalue weighted by atomic mass is 10.1. The number of anilines is 1. The molecule has 7 heteroatoms. The molecule has 0 aliphatic carbocycles.